The molecular weight excluding hydrogens is 292 g/mol. The Morgan fingerprint density at radius 1 is 0.955 bits per heavy atom. The van der Waals surface area contributed by atoms with Crippen molar-refractivity contribution in [3.8, 4) is 0 Å². The fourth-order valence-electron chi connectivity index (χ4n) is 6.06. The number of sulfone groups is 1. The van der Waals surface area contributed by atoms with Gasteiger partial charge in [0.2, 0.25) is 0 Å². The largest absolute Gasteiger partial charge is 0.228 e. The molecule has 0 unspecified atom stereocenters. The average Bonchev–Trinajstić information content (AvgIpc) is 3.09. The first-order valence-corrected chi connectivity index (χ1v) is 10.3. The second-order valence-electron chi connectivity index (χ2n) is 7.72. The van der Waals surface area contributed by atoms with Gasteiger partial charge in [-0.2, -0.15) is 0 Å². The van der Waals surface area contributed by atoms with Crippen molar-refractivity contribution in [1.82, 2.24) is 0 Å². The van der Waals surface area contributed by atoms with E-state index in [1.165, 1.54) is 12.8 Å². The minimum absolute atomic E-state index is 0.136. The van der Waals surface area contributed by atoms with E-state index in [1.54, 1.807) is 0 Å². The van der Waals surface area contributed by atoms with Crippen molar-refractivity contribution in [2.75, 3.05) is 0 Å². The summed E-state index contributed by atoms with van der Waals surface area (Å²) in [6.07, 6.45) is 14.3. The summed E-state index contributed by atoms with van der Waals surface area (Å²) < 4.78 is 26.3. The van der Waals surface area contributed by atoms with E-state index < -0.39 is 9.84 Å². The van der Waals surface area contributed by atoms with Crippen LogP contribution in [-0.2, 0) is 9.84 Å². The van der Waals surface area contributed by atoms with E-state index in [2.05, 4.69) is 25.3 Å². The molecule has 2 nitrogen and oxygen atoms in total. The third-order valence-corrected chi connectivity index (χ3v) is 9.76. The Bertz CT molecular complexity index is 582. The predicted molar refractivity (Wildman–Crippen MR) is 90.1 cm³/mol. The Labute approximate surface area is 134 Å². The zero-order chi connectivity index (χ0) is 15.5. The highest BCUT2D eigenvalue weighted by Gasteiger charge is 2.73. The maximum absolute atomic E-state index is 13.2. The molecule has 4 aliphatic rings. The summed E-state index contributed by atoms with van der Waals surface area (Å²) >= 11 is 0. The van der Waals surface area contributed by atoms with Crippen LogP contribution in [0, 0.1) is 29.1 Å². The molecule has 1 spiro atoms. The van der Waals surface area contributed by atoms with E-state index in [0.717, 1.165) is 25.7 Å². The molecule has 3 aliphatic carbocycles. The van der Waals surface area contributed by atoms with Crippen LogP contribution in [0.2, 0.25) is 0 Å². The molecule has 0 amide bonds. The van der Waals surface area contributed by atoms with Crippen LogP contribution in [0.5, 0.6) is 0 Å². The van der Waals surface area contributed by atoms with Crippen LogP contribution in [-0.4, -0.2) is 18.9 Å². The molecule has 0 aromatic carbocycles. The Balaban J connectivity index is 1.72. The average molecular weight is 318 g/mol. The van der Waals surface area contributed by atoms with Crippen molar-refractivity contribution < 1.29 is 8.42 Å². The van der Waals surface area contributed by atoms with E-state index in [9.17, 15) is 8.42 Å². The van der Waals surface area contributed by atoms with Gasteiger partial charge >= 0.3 is 0 Å². The number of allylic oxidation sites excluding steroid dienone is 4. The SMILES string of the molecule is C=CCC[C@@H]1[C@@H]2[C@@H]([C@@H]3C=C[C@H]2C32CC2)[C@H](CCC=C)S1(=O)=O. The highest BCUT2D eigenvalue weighted by atomic mass is 32.2. The minimum Gasteiger partial charge on any atom is -0.228 e. The van der Waals surface area contributed by atoms with Crippen molar-refractivity contribution >= 4 is 9.84 Å². The molecule has 2 saturated carbocycles. The van der Waals surface area contributed by atoms with Crippen LogP contribution in [0.15, 0.2) is 37.5 Å². The van der Waals surface area contributed by atoms with Crippen LogP contribution >= 0.6 is 0 Å². The van der Waals surface area contributed by atoms with Gasteiger partial charge in [-0.1, -0.05) is 24.3 Å². The molecular formula is C19H26O2S. The molecule has 22 heavy (non-hydrogen) atoms. The summed E-state index contributed by atoms with van der Waals surface area (Å²) in [5.74, 6) is 1.80. The third kappa shape index (κ3) is 1.69. The first-order chi connectivity index (χ1) is 10.6. The van der Waals surface area contributed by atoms with Crippen molar-refractivity contribution in [3.05, 3.63) is 37.5 Å². The molecule has 4 rings (SSSR count). The first kappa shape index (κ1) is 14.7. The van der Waals surface area contributed by atoms with Gasteiger partial charge < -0.3 is 0 Å². The summed E-state index contributed by atoms with van der Waals surface area (Å²) in [4.78, 5) is 0. The van der Waals surface area contributed by atoms with Gasteiger partial charge in [0.25, 0.3) is 0 Å². The van der Waals surface area contributed by atoms with Crippen molar-refractivity contribution in [2.45, 2.75) is 49.0 Å². The first-order valence-electron chi connectivity index (χ1n) is 8.71. The molecule has 6 atom stereocenters. The van der Waals surface area contributed by atoms with Gasteiger partial charge in [-0.05, 0) is 67.6 Å². The summed E-state index contributed by atoms with van der Waals surface area (Å²) in [5.41, 5.74) is 0.462. The number of hydrogen-bond donors (Lipinski definition) is 0. The second kappa shape index (κ2) is 4.83. The highest BCUT2D eigenvalue weighted by molar-refractivity contribution is 7.93. The van der Waals surface area contributed by atoms with Gasteiger partial charge in [-0.15, -0.1) is 13.2 Å². The molecule has 1 heterocycles. The highest BCUT2D eigenvalue weighted by Crippen LogP contribution is 2.75. The molecule has 120 valence electrons. The van der Waals surface area contributed by atoms with E-state index in [1.807, 2.05) is 12.2 Å². The standard InChI is InChI=1S/C19H26O2S/c1-3-5-7-15-17-13-9-10-14(19(13)11-12-19)18(17)16(8-6-4-2)22(15,20)21/h3-4,9-10,13-18H,1-2,5-8,11-12H2/t13-,14+,15-,16+,17-,18+. The zero-order valence-corrected chi connectivity index (χ0v) is 14.0. The Kier molecular flexibility index (Phi) is 3.24. The van der Waals surface area contributed by atoms with Crippen molar-refractivity contribution in [3.63, 3.8) is 0 Å². The van der Waals surface area contributed by atoms with Gasteiger partial charge in [0.1, 0.15) is 0 Å². The fraction of sp³-hybridized carbons (Fsp3) is 0.684. The summed E-state index contributed by atoms with van der Waals surface area (Å²) in [6, 6.07) is 0. The molecule has 2 bridgehead atoms. The lowest BCUT2D eigenvalue weighted by atomic mass is 9.77. The van der Waals surface area contributed by atoms with E-state index in [0.29, 0.717) is 29.1 Å². The summed E-state index contributed by atoms with van der Waals surface area (Å²) in [6.45, 7) is 7.58. The predicted octanol–water partition coefficient (Wildman–Crippen LogP) is 3.91. The van der Waals surface area contributed by atoms with Gasteiger partial charge in [0.05, 0.1) is 10.5 Å². The Morgan fingerprint density at radius 2 is 1.41 bits per heavy atom. The molecule has 3 heteroatoms. The lowest BCUT2D eigenvalue weighted by Gasteiger charge is -2.25. The molecule has 0 aromatic heterocycles. The molecule has 0 aromatic rings. The number of hydrogen-bond acceptors (Lipinski definition) is 2. The molecule has 0 N–H and O–H groups in total. The van der Waals surface area contributed by atoms with Gasteiger partial charge in [0.15, 0.2) is 9.84 Å². The quantitative estimate of drug-likeness (QED) is 0.696. The van der Waals surface area contributed by atoms with Gasteiger partial charge in [-0.3, -0.25) is 0 Å². The van der Waals surface area contributed by atoms with E-state index in [-0.39, 0.29) is 10.5 Å². The Hall–Kier alpha value is -0.830. The third-order valence-electron chi connectivity index (χ3n) is 6.97. The van der Waals surface area contributed by atoms with Crippen molar-refractivity contribution in [1.29, 1.82) is 0 Å². The Morgan fingerprint density at radius 3 is 1.77 bits per heavy atom. The lowest BCUT2D eigenvalue weighted by Crippen LogP contribution is -2.30. The van der Waals surface area contributed by atoms with Crippen LogP contribution in [0.3, 0.4) is 0 Å². The molecule has 0 radical (unpaired) electrons. The zero-order valence-electron chi connectivity index (χ0n) is 13.2. The van der Waals surface area contributed by atoms with Crippen LogP contribution in [0.1, 0.15) is 38.5 Å². The topological polar surface area (TPSA) is 34.1 Å². The van der Waals surface area contributed by atoms with Gasteiger partial charge in [0, 0.05) is 0 Å². The van der Waals surface area contributed by atoms with Crippen LogP contribution in [0.4, 0.5) is 0 Å². The summed E-state index contributed by atoms with van der Waals surface area (Å²) in [7, 11) is -3.02. The van der Waals surface area contributed by atoms with Crippen LogP contribution < -0.4 is 0 Å². The fourth-order valence-corrected chi connectivity index (χ4v) is 9.01. The van der Waals surface area contributed by atoms with E-state index in [4.69, 9.17) is 0 Å². The monoisotopic (exact) mass is 318 g/mol. The smallest absolute Gasteiger partial charge is 0.156 e. The van der Waals surface area contributed by atoms with Crippen molar-refractivity contribution in [2.24, 2.45) is 29.1 Å². The maximum atomic E-state index is 13.2. The second-order valence-corrected chi connectivity index (χ2v) is 10.1. The molecule has 3 fully saturated rings. The lowest BCUT2D eigenvalue weighted by molar-refractivity contribution is 0.307. The summed E-state index contributed by atoms with van der Waals surface area (Å²) in [5, 5.41) is -0.273. The molecule has 1 aliphatic heterocycles. The molecule has 1 saturated heterocycles. The normalized spacial score (nSPS) is 45.1. The van der Waals surface area contributed by atoms with E-state index >= 15 is 0 Å². The van der Waals surface area contributed by atoms with Gasteiger partial charge in [-0.25, -0.2) is 8.42 Å². The number of rotatable bonds is 6. The minimum atomic E-state index is -3.02. The maximum Gasteiger partial charge on any atom is 0.156 e. The number of fused-ring (bicyclic) bond motifs is 3. The van der Waals surface area contributed by atoms with Crippen LogP contribution in [0.25, 0.3) is 0 Å².